The molecule has 0 saturated carbocycles. The summed E-state index contributed by atoms with van der Waals surface area (Å²) >= 11 is 1.42. The van der Waals surface area contributed by atoms with Gasteiger partial charge in [-0.2, -0.15) is 0 Å². The first-order valence-corrected chi connectivity index (χ1v) is 5.95. The third-order valence-corrected chi connectivity index (χ3v) is 2.95. The number of esters is 1. The van der Waals surface area contributed by atoms with Gasteiger partial charge < -0.3 is 15.2 Å². The van der Waals surface area contributed by atoms with Crippen molar-refractivity contribution in [3.8, 4) is 0 Å². The van der Waals surface area contributed by atoms with Crippen LogP contribution >= 0.6 is 23.7 Å². The molecule has 6 nitrogen and oxygen atoms in total. The zero-order chi connectivity index (χ0) is 12.7. The number of anilines is 1. The Morgan fingerprint density at radius 3 is 2.78 bits per heavy atom. The Labute approximate surface area is 116 Å². The predicted molar refractivity (Wildman–Crippen MR) is 72.9 cm³/mol. The summed E-state index contributed by atoms with van der Waals surface area (Å²) in [6.45, 7) is 2.07. The number of carbonyl (C=O) groups excluding carboxylic acids is 1. The number of hydrogen-bond acceptors (Lipinski definition) is 7. The summed E-state index contributed by atoms with van der Waals surface area (Å²) in [5, 5.41) is 0.532. The Bertz CT molecular complexity index is 362. The molecule has 2 N–H and O–H groups in total. The number of aromatic nitrogens is 1. The minimum atomic E-state index is -0.265. The zero-order valence-corrected chi connectivity index (χ0v) is 12.1. The molecule has 1 rings (SSSR count). The molecule has 0 radical (unpaired) electrons. The van der Waals surface area contributed by atoms with Gasteiger partial charge in [0.25, 0.3) is 0 Å². The molecule has 8 heteroatoms. The number of halogens is 1. The molecule has 104 valence electrons. The second-order valence-electron chi connectivity index (χ2n) is 3.44. The van der Waals surface area contributed by atoms with Gasteiger partial charge in [-0.15, -0.1) is 23.7 Å². The Kier molecular flexibility index (Phi) is 8.65. The molecular formula is C10H18ClN3O3S. The van der Waals surface area contributed by atoms with Gasteiger partial charge in [-0.3, -0.25) is 9.69 Å². The van der Waals surface area contributed by atoms with Gasteiger partial charge in [-0.1, -0.05) is 0 Å². The molecule has 0 aliphatic heterocycles. The Hall–Kier alpha value is -0.890. The topological polar surface area (TPSA) is 77.7 Å². The molecule has 1 aromatic rings. The van der Waals surface area contributed by atoms with Crippen LogP contribution in [0.15, 0.2) is 6.20 Å². The highest BCUT2D eigenvalue weighted by atomic mass is 35.5. The number of nitrogens with two attached hydrogens (primary N) is 1. The van der Waals surface area contributed by atoms with Crippen LogP contribution in [-0.4, -0.2) is 49.8 Å². The van der Waals surface area contributed by atoms with Crippen LogP contribution in [0.5, 0.6) is 0 Å². The van der Waals surface area contributed by atoms with E-state index in [2.05, 4.69) is 9.72 Å². The summed E-state index contributed by atoms with van der Waals surface area (Å²) in [6.07, 6.45) is 1.72. The summed E-state index contributed by atoms with van der Waals surface area (Å²) in [6, 6.07) is 0. The molecule has 1 heterocycles. The van der Waals surface area contributed by atoms with Gasteiger partial charge in [0.1, 0.15) is 0 Å². The van der Waals surface area contributed by atoms with Gasteiger partial charge >= 0.3 is 5.97 Å². The Morgan fingerprint density at radius 2 is 2.28 bits per heavy atom. The van der Waals surface area contributed by atoms with Gasteiger partial charge in [0, 0.05) is 31.3 Å². The average Bonchev–Trinajstić information content (AvgIpc) is 2.71. The van der Waals surface area contributed by atoms with Crippen molar-refractivity contribution in [1.29, 1.82) is 0 Å². The minimum absolute atomic E-state index is 0. The summed E-state index contributed by atoms with van der Waals surface area (Å²) in [5.41, 5.74) is 5.55. The van der Waals surface area contributed by atoms with Gasteiger partial charge in [0.2, 0.25) is 0 Å². The predicted octanol–water partition coefficient (Wildman–Crippen LogP) is 0.768. The average molecular weight is 296 g/mol. The highest BCUT2D eigenvalue weighted by Gasteiger charge is 2.12. The van der Waals surface area contributed by atoms with Crippen LogP contribution in [0, 0.1) is 0 Å². The van der Waals surface area contributed by atoms with E-state index in [1.807, 2.05) is 4.90 Å². The molecule has 0 amide bonds. The third-order valence-electron chi connectivity index (χ3n) is 2.14. The molecule has 0 bridgehead atoms. The van der Waals surface area contributed by atoms with Crippen LogP contribution in [0.4, 0.5) is 5.13 Å². The van der Waals surface area contributed by atoms with E-state index < -0.39 is 0 Å². The van der Waals surface area contributed by atoms with Gasteiger partial charge in [0.05, 0.1) is 20.3 Å². The largest absolute Gasteiger partial charge is 0.468 e. The maximum Gasteiger partial charge on any atom is 0.319 e. The summed E-state index contributed by atoms with van der Waals surface area (Å²) in [4.78, 5) is 18.2. The number of rotatable bonds is 7. The number of thiazole rings is 1. The van der Waals surface area contributed by atoms with Crippen molar-refractivity contribution in [2.45, 2.75) is 6.54 Å². The van der Waals surface area contributed by atoms with E-state index in [4.69, 9.17) is 10.5 Å². The lowest BCUT2D eigenvalue weighted by Crippen LogP contribution is -2.32. The van der Waals surface area contributed by atoms with E-state index in [-0.39, 0.29) is 24.9 Å². The van der Waals surface area contributed by atoms with Crippen molar-refractivity contribution in [3.63, 3.8) is 0 Å². The van der Waals surface area contributed by atoms with Crippen LogP contribution in [-0.2, 0) is 20.8 Å². The van der Waals surface area contributed by atoms with E-state index in [9.17, 15) is 4.79 Å². The Morgan fingerprint density at radius 1 is 1.56 bits per heavy atom. The smallest absolute Gasteiger partial charge is 0.319 e. The molecule has 0 aliphatic rings. The summed E-state index contributed by atoms with van der Waals surface area (Å²) in [5.74, 6) is -0.265. The highest BCUT2D eigenvalue weighted by molar-refractivity contribution is 7.15. The van der Waals surface area contributed by atoms with E-state index in [0.29, 0.717) is 24.8 Å². The van der Waals surface area contributed by atoms with Crippen molar-refractivity contribution in [1.82, 2.24) is 9.88 Å². The number of methoxy groups -OCH3 is 2. The highest BCUT2D eigenvalue weighted by Crippen LogP contribution is 2.16. The number of nitrogens with zero attached hydrogens (tertiary/aromatic N) is 2. The van der Waals surface area contributed by atoms with E-state index >= 15 is 0 Å². The molecule has 0 unspecified atom stereocenters. The standard InChI is InChI=1S/C10H17N3O3S.ClH/c1-15-4-3-13(7-9(14)16-2)6-8-5-12-10(11)17-8;/h5H,3-4,6-7H2,1-2H3,(H2,11,12);1H. The zero-order valence-electron chi connectivity index (χ0n) is 10.4. The summed E-state index contributed by atoms with van der Waals surface area (Å²) in [7, 11) is 3.00. The quantitative estimate of drug-likeness (QED) is 0.749. The lowest BCUT2D eigenvalue weighted by Gasteiger charge is -2.19. The van der Waals surface area contributed by atoms with Gasteiger partial charge in [0.15, 0.2) is 5.13 Å². The maximum atomic E-state index is 11.2. The minimum Gasteiger partial charge on any atom is -0.468 e. The fraction of sp³-hybridized carbons (Fsp3) is 0.600. The second-order valence-corrected chi connectivity index (χ2v) is 4.59. The SMILES string of the molecule is COCCN(CC(=O)OC)Cc1cnc(N)s1.Cl. The van der Waals surface area contributed by atoms with Crippen molar-refractivity contribution in [2.24, 2.45) is 0 Å². The van der Waals surface area contributed by atoms with Crippen molar-refractivity contribution in [3.05, 3.63) is 11.1 Å². The number of nitrogen functional groups attached to an aromatic ring is 1. The van der Waals surface area contributed by atoms with E-state index in [1.54, 1.807) is 13.3 Å². The number of hydrogen-bond donors (Lipinski definition) is 1. The molecule has 0 atom stereocenters. The van der Waals surface area contributed by atoms with Gasteiger partial charge in [-0.05, 0) is 0 Å². The van der Waals surface area contributed by atoms with E-state index in [1.165, 1.54) is 18.4 Å². The van der Waals surface area contributed by atoms with E-state index in [0.717, 1.165) is 4.88 Å². The van der Waals surface area contributed by atoms with Crippen LogP contribution < -0.4 is 5.73 Å². The van der Waals surface area contributed by atoms with Crippen LogP contribution in [0.25, 0.3) is 0 Å². The van der Waals surface area contributed by atoms with Crippen LogP contribution in [0.2, 0.25) is 0 Å². The molecule has 0 spiro atoms. The fourth-order valence-corrected chi connectivity index (χ4v) is 2.02. The molecule has 0 aliphatic carbocycles. The maximum absolute atomic E-state index is 11.2. The first kappa shape index (κ1) is 17.1. The molecule has 18 heavy (non-hydrogen) atoms. The third kappa shape index (κ3) is 6.15. The molecule has 1 aromatic heterocycles. The lowest BCUT2D eigenvalue weighted by molar-refractivity contribution is -0.142. The second kappa shape index (κ2) is 9.09. The Balaban J connectivity index is 0.00000289. The molecular weight excluding hydrogens is 278 g/mol. The van der Waals surface area contributed by atoms with Crippen molar-refractivity contribution < 1.29 is 14.3 Å². The monoisotopic (exact) mass is 295 g/mol. The number of ether oxygens (including phenoxy) is 2. The lowest BCUT2D eigenvalue weighted by atomic mass is 10.4. The normalized spacial score (nSPS) is 10.2. The number of carbonyl (C=O) groups is 1. The van der Waals surface area contributed by atoms with Crippen molar-refractivity contribution in [2.75, 3.05) is 39.6 Å². The first-order chi connectivity index (χ1) is 8.15. The fourth-order valence-electron chi connectivity index (χ4n) is 1.30. The van der Waals surface area contributed by atoms with Crippen LogP contribution in [0.1, 0.15) is 4.88 Å². The first-order valence-electron chi connectivity index (χ1n) is 5.14. The van der Waals surface area contributed by atoms with Gasteiger partial charge in [-0.25, -0.2) is 4.98 Å². The molecule has 0 saturated heterocycles. The summed E-state index contributed by atoms with van der Waals surface area (Å²) < 4.78 is 9.64. The van der Waals surface area contributed by atoms with Crippen LogP contribution in [0.3, 0.4) is 0 Å². The van der Waals surface area contributed by atoms with Crippen molar-refractivity contribution >= 4 is 34.8 Å². The molecule has 0 fully saturated rings. The molecule has 0 aromatic carbocycles.